The number of aromatic nitrogens is 2. The smallest absolute Gasteiger partial charge is 0.308 e. The predicted molar refractivity (Wildman–Crippen MR) is 89.3 cm³/mol. The van der Waals surface area contributed by atoms with Crippen LogP contribution in [0.15, 0.2) is 30.3 Å². The molecule has 0 spiro atoms. The minimum Gasteiger partial charge on any atom is -0.481 e. The molecular formula is C18H21N3O3. The number of benzene rings is 1. The number of carbonyl (C=O) groups excluding carboxylic acids is 1. The topological polar surface area (TPSA) is 84.2 Å². The summed E-state index contributed by atoms with van der Waals surface area (Å²) in [5.74, 6) is -1.55. The molecule has 1 aliphatic carbocycles. The number of aliphatic carboxylic acids is 1. The number of carbonyl (C=O) groups is 2. The van der Waals surface area contributed by atoms with Crippen LogP contribution in [0, 0.1) is 19.8 Å². The molecule has 0 bridgehead atoms. The number of nitrogens with one attached hydrogen (secondary N) is 1. The molecule has 2 N–H and O–H groups in total. The third kappa shape index (κ3) is 3.18. The van der Waals surface area contributed by atoms with Gasteiger partial charge in [-0.15, -0.1) is 0 Å². The molecule has 1 heterocycles. The van der Waals surface area contributed by atoms with Gasteiger partial charge in [0.2, 0.25) is 0 Å². The van der Waals surface area contributed by atoms with Crippen LogP contribution in [-0.4, -0.2) is 32.8 Å². The lowest BCUT2D eigenvalue weighted by molar-refractivity contribution is -0.142. The van der Waals surface area contributed by atoms with E-state index in [0.717, 1.165) is 23.5 Å². The number of amides is 1. The molecule has 2 atom stereocenters. The summed E-state index contributed by atoms with van der Waals surface area (Å²) in [6, 6.07) is 8.88. The van der Waals surface area contributed by atoms with Crippen LogP contribution in [0.5, 0.6) is 0 Å². The van der Waals surface area contributed by atoms with Crippen molar-refractivity contribution in [2.24, 2.45) is 5.92 Å². The maximum Gasteiger partial charge on any atom is 0.308 e. The highest BCUT2D eigenvalue weighted by molar-refractivity contribution is 5.94. The van der Waals surface area contributed by atoms with Gasteiger partial charge in [0.05, 0.1) is 17.3 Å². The Kier molecular flexibility index (Phi) is 4.38. The largest absolute Gasteiger partial charge is 0.481 e. The summed E-state index contributed by atoms with van der Waals surface area (Å²) in [4.78, 5) is 23.6. The molecule has 1 aromatic heterocycles. The van der Waals surface area contributed by atoms with Crippen LogP contribution in [0.1, 0.15) is 41.0 Å². The second-order valence-corrected chi connectivity index (χ2v) is 6.34. The van der Waals surface area contributed by atoms with Crippen LogP contribution >= 0.6 is 0 Å². The molecule has 6 nitrogen and oxygen atoms in total. The SMILES string of the molecule is Cc1cc(C)n(-c2ccc(C(=O)N[C@H]3CCC[C@@H]3C(=O)O)cc2)n1. The molecule has 6 heteroatoms. The van der Waals surface area contributed by atoms with Crippen LogP contribution in [-0.2, 0) is 4.79 Å². The molecule has 0 unspecified atom stereocenters. The van der Waals surface area contributed by atoms with Crippen molar-refractivity contribution in [2.75, 3.05) is 0 Å². The molecule has 3 rings (SSSR count). The van der Waals surface area contributed by atoms with Gasteiger partial charge in [-0.1, -0.05) is 6.42 Å². The van der Waals surface area contributed by atoms with Crippen LogP contribution in [0.3, 0.4) is 0 Å². The zero-order valence-electron chi connectivity index (χ0n) is 13.8. The first-order chi connectivity index (χ1) is 11.5. The van der Waals surface area contributed by atoms with Crippen molar-refractivity contribution in [2.45, 2.75) is 39.2 Å². The number of rotatable bonds is 4. The summed E-state index contributed by atoms with van der Waals surface area (Å²) in [6.07, 6.45) is 2.17. The molecule has 1 fully saturated rings. The minimum atomic E-state index is -0.835. The minimum absolute atomic E-state index is 0.229. The maximum absolute atomic E-state index is 12.4. The third-order valence-electron chi connectivity index (χ3n) is 4.53. The molecule has 0 saturated heterocycles. The average Bonchev–Trinajstić information content (AvgIpc) is 3.13. The van der Waals surface area contributed by atoms with Gasteiger partial charge < -0.3 is 10.4 Å². The molecule has 1 aliphatic rings. The summed E-state index contributed by atoms with van der Waals surface area (Å²) < 4.78 is 1.83. The number of hydrogen-bond donors (Lipinski definition) is 2. The van der Waals surface area contributed by atoms with Gasteiger partial charge in [0.1, 0.15) is 0 Å². The number of carboxylic acids is 1. The van der Waals surface area contributed by atoms with E-state index in [0.29, 0.717) is 18.4 Å². The molecular weight excluding hydrogens is 306 g/mol. The Balaban J connectivity index is 1.72. The zero-order chi connectivity index (χ0) is 17.3. The average molecular weight is 327 g/mol. The van der Waals surface area contributed by atoms with Crippen LogP contribution in [0.4, 0.5) is 0 Å². The van der Waals surface area contributed by atoms with Crippen molar-refractivity contribution in [3.8, 4) is 5.69 Å². The lowest BCUT2D eigenvalue weighted by Gasteiger charge is -2.17. The fourth-order valence-electron chi connectivity index (χ4n) is 3.32. The predicted octanol–water partition coefficient (Wildman–Crippen LogP) is 2.47. The summed E-state index contributed by atoms with van der Waals surface area (Å²) >= 11 is 0. The Morgan fingerprint density at radius 3 is 2.50 bits per heavy atom. The van der Waals surface area contributed by atoms with Gasteiger partial charge in [0.15, 0.2) is 0 Å². The number of aryl methyl sites for hydroxylation is 2. The van der Waals surface area contributed by atoms with Gasteiger partial charge in [-0.2, -0.15) is 5.10 Å². The van der Waals surface area contributed by atoms with Crippen molar-refractivity contribution in [1.82, 2.24) is 15.1 Å². The highest BCUT2D eigenvalue weighted by Crippen LogP contribution is 2.26. The highest BCUT2D eigenvalue weighted by Gasteiger charge is 2.33. The second-order valence-electron chi connectivity index (χ2n) is 6.34. The molecule has 126 valence electrons. The highest BCUT2D eigenvalue weighted by atomic mass is 16.4. The quantitative estimate of drug-likeness (QED) is 0.903. The fourth-order valence-corrected chi connectivity index (χ4v) is 3.32. The van der Waals surface area contributed by atoms with Crippen molar-refractivity contribution < 1.29 is 14.7 Å². The summed E-state index contributed by atoms with van der Waals surface area (Å²) in [5.41, 5.74) is 3.38. The molecule has 1 amide bonds. The summed E-state index contributed by atoms with van der Waals surface area (Å²) in [7, 11) is 0. The number of hydrogen-bond acceptors (Lipinski definition) is 3. The summed E-state index contributed by atoms with van der Waals surface area (Å²) in [6.45, 7) is 3.92. The van der Waals surface area contributed by atoms with Crippen molar-refractivity contribution in [3.63, 3.8) is 0 Å². The maximum atomic E-state index is 12.4. The zero-order valence-corrected chi connectivity index (χ0v) is 13.8. The molecule has 24 heavy (non-hydrogen) atoms. The van der Waals surface area contributed by atoms with Gasteiger partial charge in [-0.3, -0.25) is 9.59 Å². The lowest BCUT2D eigenvalue weighted by Crippen LogP contribution is -2.40. The van der Waals surface area contributed by atoms with Crippen LogP contribution in [0.2, 0.25) is 0 Å². The van der Waals surface area contributed by atoms with Crippen LogP contribution < -0.4 is 5.32 Å². The molecule has 1 saturated carbocycles. The second kappa shape index (κ2) is 6.47. The van der Waals surface area contributed by atoms with Gasteiger partial charge >= 0.3 is 5.97 Å². The third-order valence-corrected chi connectivity index (χ3v) is 4.53. The van der Waals surface area contributed by atoms with Crippen molar-refractivity contribution >= 4 is 11.9 Å². The Bertz CT molecular complexity index is 764. The monoisotopic (exact) mass is 327 g/mol. The first-order valence-corrected chi connectivity index (χ1v) is 8.13. The Labute approximate surface area is 140 Å². The van der Waals surface area contributed by atoms with Crippen molar-refractivity contribution in [3.05, 3.63) is 47.3 Å². The van der Waals surface area contributed by atoms with E-state index < -0.39 is 11.9 Å². The molecule has 1 aromatic carbocycles. The van der Waals surface area contributed by atoms with Gasteiger partial charge in [0.25, 0.3) is 5.91 Å². The van der Waals surface area contributed by atoms with Gasteiger partial charge in [-0.25, -0.2) is 4.68 Å². The van der Waals surface area contributed by atoms with Gasteiger partial charge in [-0.05, 0) is 57.0 Å². The Morgan fingerprint density at radius 1 is 1.21 bits per heavy atom. The van der Waals surface area contributed by atoms with Crippen molar-refractivity contribution in [1.29, 1.82) is 0 Å². The first kappa shape index (κ1) is 16.2. The van der Waals surface area contributed by atoms with E-state index in [1.165, 1.54) is 0 Å². The Morgan fingerprint density at radius 2 is 1.92 bits per heavy atom. The van der Waals surface area contributed by atoms with Crippen LogP contribution in [0.25, 0.3) is 5.69 Å². The molecule has 0 radical (unpaired) electrons. The van der Waals surface area contributed by atoms with Gasteiger partial charge in [0, 0.05) is 17.3 Å². The number of nitrogens with zero attached hydrogens (tertiary/aromatic N) is 2. The van der Waals surface area contributed by atoms with E-state index in [4.69, 9.17) is 0 Å². The Hall–Kier alpha value is -2.63. The van der Waals surface area contributed by atoms with E-state index in [2.05, 4.69) is 10.4 Å². The van der Waals surface area contributed by atoms with E-state index in [1.54, 1.807) is 12.1 Å². The van der Waals surface area contributed by atoms with E-state index >= 15 is 0 Å². The fraction of sp³-hybridized carbons (Fsp3) is 0.389. The lowest BCUT2D eigenvalue weighted by atomic mass is 10.0. The van der Waals surface area contributed by atoms with E-state index in [9.17, 15) is 14.7 Å². The molecule has 0 aliphatic heterocycles. The molecule has 2 aromatic rings. The first-order valence-electron chi connectivity index (χ1n) is 8.13. The number of carboxylic acid groups (broad SMARTS) is 1. The van der Waals surface area contributed by atoms with E-state index in [-0.39, 0.29) is 11.9 Å². The summed E-state index contributed by atoms with van der Waals surface area (Å²) in [5, 5.41) is 16.5. The standard InChI is InChI=1S/C18H21N3O3/c1-11-10-12(2)21(20-11)14-8-6-13(7-9-14)17(22)19-16-5-3-4-15(16)18(23)24/h6-10,15-16H,3-5H2,1-2H3,(H,19,22)(H,23,24)/t15-,16-/m0/s1. The normalized spacial score (nSPS) is 20.1. The van der Waals surface area contributed by atoms with E-state index in [1.807, 2.05) is 36.7 Å².